The van der Waals surface area contributed by atoms with Crippen LogP contribution in [0.5, 0.6) is 0 Å². The molecule has 0 amide bonds. The minimum Gasteiger partial charge on any atom is -0.300 e. The Kier molecular flexibility index (Phi) is 3.74. The van der Waals surface area contributed by atoms with Gasteiger partial charge in [-0.25, -0.2) is 0 Å². The van der Waals surface area contributed by atoms with Crippen molar-refractivity contribution in [1.82, 2.24) is 14.8 Å². The van der Waals surface area contributed by atoms with Gasteiger partial charge in [0, 0.05) is 12.1 Å². The van der Waals surface area contributed by atoms with Crippen LogP contribution in [0.15, 0.2) is 30.3 Å². The lowest BCUT2D eigenvalue weighted by Gasteiger charge is -2.28. The molecule has 2 aromatic rings. The molecule has 1 saturated carbocycles. The van der Waals surface area contributed by atoms with E-state index in [1.807, 2.05) is 18.2 Å². The van der Waals surface area contributed by atoms with E-state index in [1.165, 1.54) is 32.1 Å². The van der Waals surface area contributed by atoms with E-state index in [2.05, 4.69) is 33.8 Å². The zero-order chi connectivity index (χ0) is 14.0. The molecule has 0 spiro atoms. The summed E-state index contributed by atoms with van der Waals surface area (Å²) in [5, 5.41) is 7.41. The van der Waals surface area contributed by atoms with Crippen molar-refractivity contribution in [2.24, 2.45) is 5.41 Å². The predicted molar refractivity (Wildman–Crippen MR) is 84.0 cm³/mol. The molecule has 0 saturated heterocycles. The molecule has 4 heteroatoms. The van der Waals surface area contributed by atoms with Gasteiger partial charge in [-0.05, 0) is 36.9 Å². The van der Waals surface area contributed by atoms with Gasteiger partial charge in [0.25, 0.3) is 0 Å². The molecule has 20 heavy (non-hydrogen) atoms. The fourth-order valence-corrected chi connectivity index (χ4v) is 3.55. The number of H-pyrrole nitrogens is 1. The van der Waals surface area contributed by atoms with Gasteiger partial charge >= 0.3 is 0 Å². The third kappa shape index (κ3) is 2.44. The second kappa shape index (κ2) is 5.52. The Balaban J connectivity index is 1.98. The largest absolute Gasteiger partial charge is 0.300 e. The van der Waals surface area contributed by atoms with E-state index >= 15 is 0 Å². The average Bonchev–Trinajstić information content (AvgIpc) is 3.09. The standard InChI is InChI=1S/C16H21N3S/c1-2-16(10-6-7-11-16)12-19-14(17-18-15(19)20)13-8-4-3-5-9-13/h3-5,8-9H,2,6-7,10-12H2,1H3,(H,18,20). The van der Waals surface area contributed by atoms with Gasteiger partial charge in [0.15, 0.2) is 10.6 Å². The molecule has 1 aliphatic rings. The van der Waals surface area contributed by atoms with E-state index in [-0.39, 0.29) is 0 Å². The van der Waals surface area contributed by atoms with Crippen LogP contribution in [0.3, 0.4) is 0 Å². The normalized spacial score (nSPS) is 17.4. The lowest BCUT2D eigenvalue weighted by atomic mass is 9.83. The molecule has 1 heterocycles. The molecule has 0 unspecified atom stereocenters. The van der Waals surface area contributed by atoms with E-state index in [1.54, 1.807) is 0 Å². The van der Waals surface area contributed by atoms with Gasteiger partial charge in [-0.3, -0.25) is 9.67 Å². The highest BCUT2D eigenvalue weighted by Crippen LogP contribution is 2.42. The van der Waals surface area contributed by atoms with Gasteiger partial charge in [-0.2, -0.15) is 5.10 Å². The first-order chi connectivity index (χ1) is 9.74. The van der Waals surface area contributed by atoms with E-state index in [0.29, 0.717) is 5.41 Å². The SMILES string of the molecule is CCC1(Cn2c(-c3ccccc3)n[nH]c2=S)CCCC1. The quantitative estimate of drug-likeness (QED) is 0.835. The van der Waals surface area contributed by atoms with Gasteiger partial charge in [0.1, 0.15) is 0 Å². The molecule has 106 valence electrons. The van der Waals surface area contributed by atoms with Crippen LogP contribution < -0.4 is 0 Å². The summed E-state index contributed by atoms with van der Waals surface area (Å²) in [6, 6.07) is 10.3. The Morgan fingerprint density at radius 3 is 2.60 bits per heavy atom. The Bertz CT molecular complexity index is 621. The number of nitrogens with one attached hydrogen (secondary N) is 1. The minimum atomic E-state index is 0.408. The number of rotatable bonds is 4. The van der Waals surface area contributed by atoms with Crippen LogP contribution in [-0.2, 0) is 6.54 Å². The van der Waals surface area contributed by atoms with Crippen LogP contribution in [-0.4, -0.2) is 14.8 Å². The molecule has 1 aliphatic carbocycles. The minimum absolute atomic E-state index is 0.408. The Hall–Kier alpha value is -1.42. The summed E-state index contributed by atoms with van der Waals surface area (Å²) in [6.07, 6.45) is 6.53. The summed E-state index contributed by atoms with van der Waals surface area (Å²) in [4.78, 5) is 0. The molecule has 3 nitrogen and oxygen atoms in total. The Morgan fingerprint density at radius 1 is 1.25 bits per heavy atom. The van der Waals surface area contributed by atoms with Crippen molar-refractivity contribution in [3.8, 4) is 11.4 Å². The first-order valence-corrected chi connectivity index (χ1v) is 7.86. The molecular weight excluding hydrogens is 266 g/mol. The maximum Gasteiger partial charge on any atom is 0.195 e. The third-order valence-corrected chi connectivity index (χ3v) is 5.01. The van der Waals surface area contributed by atoms with Gasteiger partial charge in [0.05, 0.1) is 0 Å². The lowest BCUT2D eigenvalue weighted by molar-refractivity contribution is 0.237. The first-order valence-electron chi connectivity index (χ1n) is 7.45. The van der Waals surface area contributed by atoms with Crippen molar-refractivity contribution in [2.45, 2.75) is 45.6 Å². The number of hydrogen-bond donors (Lipinski definition) is 1. The molecule has 0 radical (unpaired) electrons. The molecule has 0 aliphatic heterocycles. The van der Waals surface area contributed by atoms with Crippen LogP contribution >= 0.6 is 12.2 Å². The topological polar surface area (TPSA) is 33.6 Å². The zero-order valence-electron chi connectivity index (χ0n) is 11.9. The Morgan fingerprint density at radius 2 is 1.95 bits per heavy atom. The average molecular weight is 287 g/mol. The van der Waals surface area contributed by atoms with Gasteiger partial charge in [0.2, 0.25) is 0 Å². The maximum absolute atomic E-state index is 5.45. The summed E-state index contributed by atoms with van der Waals surface area (Å²) >= 11 is 5.45. The summed E-state index contributed by atoms with van der Waals surface area (Å²) in [6.45, 7) is 3.29. The molecule has 0 bridgehead atoms. The number of hydrogen-bond acceptors (Lipinski definition) is 2. The van der Waals surface area contributed by atoms with E-state index in [9.17, 15) is 0 Å². The van der Waals surface area contributed by atoms with E-state index in [0.717, 1.165) is 22.7 Å². The van der Waals surface area contributed by atoms with E-state index in [4.69, 9.17) is 12.2 Å². The van der Waals surface area contributed by atoms with Crippen molar-refractivity contribution in [3.05, 3.63) is 35.1 Å². The van der Waals surface area contributed by atoms with Crippen molar-refractivity contribution < 1.29 is 0 Å². The smallest absolute Gasteiger partial charge is 0.195 e. The second-order valence-electron chi connectivity index (χ2n) is 5.87. The van der Waals surface area contributed by atoms with Crippen molar-refractivity contribution in [3.63, 3.8) is 0 Å². The zero-order valence-corrected chi connectivity index (χ0v) is 12.7. The molecule has 1 aromatic heterocycles. The first kappa shape index (κ1) is 13.6. The highest BCUT2D eigenvalue weighted by molar-refractivity contribution is 7.71. The molecule has 1 N–H and O–H groups in total. The summed E-state index contributed by atoms with van der Waals surface area (Å²) in [7, 11) is 0. The highest BCUT2D eigenvalue weighted by atomic mass is 32.1. The monoisotopic (exact) mass is 287 g/mol. The van der Waals surface area contributed by atoms with Crippen molar-refractivity contribution in [1.29, 1.82) is 0 Å². The molecule has 1 fully saturated rings. The maximum atomic E-state index is 5.45. The summed E-state index contributed by atoms with van der Waals surface area (Å²) < 4.78 is 2.93. The Labute approximate surface area is 125 Å². The lowest BCUT2D eigenvalue weighted by Crippen LogP contribution is -2.23. The molecule has 0 atom stereocenters. The number of aromatic amines is 1. The summed E-state index contributed by atoms with van der Waals surface area (Å²) in [5.41, 5.74) is 1.54. The predicted octanol–water partition coefficient (Wildman–Crippen LogP) is 4.58. The van der Waals surface area contributed by atoms with Crippen molar-refractivity contribution >= 4 is 12.2 Å². The van der Waals surface area contributed by atoms with Crippen molar-refractivity contribution in [2.75, 3.05) is 0 Å². The molecule has 1 aromatic carbocycles. The van der Waals surface area contributed by atoms with Crippen LogP contribution in [0.25, 0.3) is 11.4 Å². The van der Waals surface area contributed by atoms with Gasteiger partial charge in [-0.15, -0.1) is 0 Å². The van der Waals surface area contributed by atoms with Crippen LogP contribution in [0.2, 0.25) is 0 Å². The number of benzene rings is 1. The number of aromatic nitrogens is 3. The third-order valence-electron chi connectivity index (χ3n) is 4.70. The molecule has 3 rings (SSSR count). The highest BCUT2D eigenvalue weighted by Gasteiger charge is 2.33. The second-order valence-corrected chi connectivity index (χ2v) is 6.25. The summed E-state index contributed by atoms with van der Waals surface area (Å²) in [5.74, 6) is 0.968. The molecular formula is C16H21N3S. The fraction of sp³-hybridized carbons (Fsp3) is 0.500. The van der Waals surface area contributed by atoms with Crippen LogP contribution in [0.4, 0.5) is 0 Å². The van der Waals surface area contributed by atoms with Gasteiger partial charge in [-0.1, -0.05) is 50.1 Å². The number of nitrogens with zero attached hydrogens (tertiary/aromatic N) is 2. The van der Waals surface area contributed by atoms with Crippen LogP contribution in [0.1, 0.15) is 39.0 Å². The fourth-order valence-electron chi connectivity index (χ4n) is 3.36. The van der Waals surface area contributed by atoms with Crippen LogP contribution in [0, 0.1) is 10.2 Å². The van der Waals surface area contributed by atoms with Gasteiger partial charge < -0.3 is 0 Å². The van der Waals surface area contributed by atoms with E-state index < -0.39 is 0 Å².